The van der Waals surface area contributed by atoms with Crippen LogP contribution in [0, 0.1) is 28.6 Å². The van der Waals surface area contributed by atoms with E-state index in [0.29, 0.717) is 17.9 Å². The van der Waals surface area contributed by atoms with E-state index < -0.39 is 21.4 Å². The van der Waals surface area contributed by atoms with Crippen LogP contribution in [0.25, 0.3) is 11.1 Å². The zero-order valence-corrected chi connectivity index (χ0v) is 19.3. The molecule has 1 heterocycles. The van der Waals surface area contributed by atoms with Gasteiger partial charge in [0.25, 0.3) is 0 Å². The molecule has 170 valence electrons. The maximum atomic E-state index is 12.9. The minimum Gasteiger partial charge on any atom is -0.338 e. The van der Waals surface area contributed by atoms with Gasteiger partial charge in [-0.3, -0.25) is 4.79 Å². The summed E-state index contributed by atoms with van der Waals surface area (Å²) in [6.07, 6.45) is 5.29. The summed E-state index contributed by atoms with van der Waals surface area (Å²) < 4.78 is 24.1. The standard InChI is InChI=1S/C25H26N4O3S/c1-33(31,32)23-12-20(8-9-21(23)14-26)19-6-4-17(5-7-19)11-22(15-27)29-24(30)25-10-2-3-18(13-25)16-28-25/h4-9,12,18,22,28H,2-3,10-11,13,16H2,1H3,(H,29,30)/t18-,22+,25-/m1/s1. The number of nitrogens with one attached hydrogen (secondary N) is 2. The second kappa shape index (κ2) is 8.97. The van der Waals surface area contributed by atoms with Crippen LogP contribution in [0.3, 0.4) is 0 Å². The van der Waals surface area contributed by atoms with E-state index in [1.54, 1.807) is 6.07 Å². The Bertz CT molecular complexity index is 1250. The Labute approximate surface area is 194 Å². The number of carbonyl (C=O) groups is 1. The van der Waals surface area contributed by atoms with Crippen molar-refractivity contribution in [2.75, 3.05) is 12.8 Å². The topological polar surface area (TPSA) is 123 Å². The molecule has 3 atom stereocenters. The fraction of sp³-hybridized carbons (Fsp3) is 0.400. The summed E-state index contributed by atoms with van der Waals surface area (Å²) in [7, 11) is -3.53. The van der Waals surface area contributed by atoms with Gasteiger partial charge >= 0.3 is 0 Å². The number of hydrogen-bond donors (Lipinski definition) is 2. The Morgan fingerprint density at radius 3 is 2.61 bits per heavy atom. The van der Waals surface area contributed by atoms with Crippen molar-refractivity contribution in [2.45, 2.75) is 48.6 Å². The van der Waals surface area contributed by atoms with Crippen molar-refractivity contribution < 1.29 is 13.2 Å². The molecule has 1 saturated heterocycles. The molecule has 2 aromatic carbocycles. The lowest BCUT2D eigenvalue weighted by molar-refractivity contribution is -0.128. The zero-order valence-electron chi connectivity index (χ0n) is 18.5. The van der Waals surface area contributed by atoms with Gasteiger partial charge in [0.05, 0.1) is 22.1 Å². The van der Waals surface area contributed by atoms with E-state index >= 15 is 0 Å². The van der Waals surface area contributed by atoms with Gasteiger partial charge in [-0.15, -0.1) is 0 Å². The number of hydrogen-bond acceptors (Lipinski definition) is 6. The van der Waals surface area contributed by atoms with Crippen LogP contribution >= 0.6 is 0 Å². The highest BCUT2D eigenvalue weighted by Gasteiger charge is 2.47. The quantitative estimate of drug-likeness (QED) is 0.680. The normalized spacial score (nSPS) is 22.7. The van der Waals surface area contributed by atoms with Crippen LogP contribution in [0.5, 0.6) is 0 Å². The fourth-order valence-electron chi connectivity index (χ4n) is 4.95. The molecule has 0 spiro atoms. The van der Waals surface area contributed by atoms with Crippen LogP contribution in [-0.2, 0) is 21.1 Å². The molecule has 2 bridgehead atoms. The van der Waals surface area contributed by atoms with Crippen molar-refractivity contribution >= 4 is 15.7 Å². The average molecular weight is 463 g/mol. The molecule has 1 amide bonds. The summed E-state index contributed by atoms with van der Waals surface area (Å²) in [5.74, 6) is 0.460. The SMILES string of the molecule is CS(=O)(=O)c1cc(-c2ccc(C[C@@H](C#N)NC(=O)[C@]34CCC[C@@H](CN3)C4)cc2)ccc1C#N. The van der Waals surface area contributed by atoms with Crippen LogP contribution in [0.15, 0.2) is 47.4 Å². The minimum absolute atomic E-state index is 0.00341. The number of nitrogens with zero attached hydrogens (tertiary/aromatic N) is 2. The summed E-state index contributed by atoms with van der Waals surface area (Å²) >= 11 is 0. The molecule has 0 aromatic heterocycles. The van der Waals surface area contributed by atoms with Crippen molar-refractivity contribution in [1.82, 2.24) is 10.6 Å². The Morgan fingerprint density at radius 2 is 1.94 bits per heavy atom. The Hall–Kier alpha value is -3.20. The molecule has 1 saturated carbocycles. The molecular formula is C25H26N4O3S. The molecule has 0 unspecified atom stereocenters. The third kappa shape index (κ3) is 4.78. The van der Waals surface area contributed by atoms with Crippen molar-refractivity contribution in [3.8, 4) is 23.3 Å². The lowest BCUT2D eigenvalue weighted by atomic mass is 9.79. The highest BCUT2D eigenvalue weighted by atomic mass is 32.2. The summed E-state index contributed by atoms with van der Waals surface area (Å²) in [6.45, 7) is 0.864. The van der Waals surface area contributed by atoms with Gasteiger partial charge in [0.2, 0.25) is 5.91 Å². The Kier molecular flexibility index (Phi) is 6.25. The van der Waals surface area contributed by atoms with Crippen molar-refractivity contribution in [3.05, 3.63) is 53.6 Å². The van der Waals surface area contributed by atoms with E-state index in [-0.39, 0.29) is 16.4 Å². The average Bonchev–Trinajstić information content (AvgIpc) is 3.12. The third-order valence-electron chi connectivity index (χ3n) is 6.71. The summed E-state index contributed by atoms with van der Waals surface area (Å²) in [5.41, 5.74) is 1.96. The maximum Gasteiger partial charge on any atom is 0.241 e. The van der Waals surface area contributed by atoms with Crippen molar-refractivity contribution in [1.29, 1.82) is 10.5 Å². The Balaban J connectivity index is 1.47. The number of carbonyl (C=O) groups excluding carboxylic acids is 1. The largest absolute Gasteiger partial charge is 0.338 e. The van der Waals surface area contributed by atoms with Gasteiger partial charge in [0.1, 0.15) is 12.1 Å². The zero-order chi connectivity index (χ0) is 23.6. The van der Waals surface area contributed by atoms with E-state index in [4.69, 9.17) is 0 Å². The third-order valence-corrected chi connectivity index (χ3v) is 7.84. The van der Waals surface area contributed by atoms with E-state index in [1.165, 1.54) is 12.1 Å². The summed E-state index contributed by atoms with van der Waals surface area (Å²) in [6, 6.07) is 15.6. The maximum absolute atomic E-state index is 12.9. The minimum atomic E-state index is -3.53. The van der Waals surface area contributed by atoms with Crippen LogP contribution in [0.4, 0.5) is 0 Å². The van der Waals surface area contributed by atoms with E-state index in [0.717, 1.165) is 49.6 Å². The predicted molar refractivity (Wildman–Crippen MR) is 124 cm³/mol. The number of nitriles is 2. The molecule has 7 nitrogen and oxygen atoms in total. The van der Waals surface area contributed by atoms with Gasteiger partial charge in [-0.05, 0) is 60.5 Å². The molecule has 33 heavy (non-hydrogen) atoms. The molecule has 2 aromatic rings. The second-order valence-electron chi connectivity index (χ2n) is 9.08. The van der Waals surface area contributed by atoms with Gasteiger partial charge in [0, 0.05) is 12.7 Å². The van der Waals surface area contributed by atoms with Gasteiger partial charge in [-0.25, -0.2) is 8.42 Å². The summed E-state index contributed by atoms with van der Waals surface area (Å²) in [4.78, 5) is 12.9. The number of benzene rings is 2. The molecule has 1 aliphatic carbocycles. The fourth-order valence-corrected chi connectivity index (χ4v) is 5.80. The molecule has 8 heteroatoms. The van der Waals surface area contributed by atoms with Gasteiger partial charge < -0.3 is 10.6 Å². The van der Waals surface area contributed by atoms with Gasteiger partial charge in [0.15, 0.2) is 9.84 Å². The van der Waals surface area contributed by atoms with E-state index in [1.807, 2.05) is 30.3 Å². The molecule has 2 fully saturated rings. The molecule has 2 N–H and O–H groups in total. The second-order valence-corrected chi connectivity index (χ2v) is 11.1. The molecule has 1 aliphatic heterocycles. The number of fused-ring (bicyclic) bond motifs is 2. The van der Waals surface area contributed by atoms with Crippen LogP contribution < -0.4 is 10.6 Å². The monoisotopic (exact) mass is 462 g/mol. The molecule has 2 aliphatic rings. The smallest absolute Gasteiger partial charge is 0.241 e. The van der Waals surface area contributed by atoms with Crippen LogP contribution in [0.1, 0.15) is 36.8 Å². The predicted octanol–water partition coefficient (Wildman–Crippen LogP) is 2.71. The lowest BCUT2D eigenvalue weighted by Gasteiger charge is -2.32. The first-order valence-corrected chi connectivity index (χ1v) is 12.9. The van der Waals surface area contributed by atoms with Gasteiger partial charge in [-0.2, -0.15) is 10.5 Å². The van der Waals surface area contributed by atoms with Crippen molar-refractivity contribution in [2.24, 2.45) is 5.92 Å². The van der Waals surface area contributed by atoms with Gasteiger partial charge in [-0.1, -0.05) is 36.8 Å². The number of sulfone groups is 1. The molecule has 0 radical (unpaired) electrons. The van der Waals surface area contributed by atoms with Crippen LogP contribution in [-0.4, -0.2) is 38.7 Å². The highest BCUT2D eigenvalue weighted by molar-refractivity contribution is 7.90. The first-order valence-electron chi connectivity index (χ1n) is 11.0. The first kappa shape index (κ1) is 23.0. The number of rotatable bonds is 6. The van der Waals surface area contributed by atoms with E-state index in [2.05, 4.69) is 16.7 Å². The van der Waals surface area contributed by atoms with Crippen LogP contribution in [0.2, 0.25) is 0 Å². The van der Waals surface area contributed by atoms with E-state index in [9.17, 15) is 23.7 Å². The Morgan fingerprint density at radius 1 is 1.21 bits per heavy atom. The number of amides is 1. The molecular weight excluding hydrogens is 436 g/mol. The molecule has 4 rings (SSSR count). The highest BCUT2D eigenvalue weighted by Crippen LogP contribution is 2.37. The van der Waals surface area contributed by atoms with Crippen molar-refractivity contribution in [3.63, 3.8) is 0 Å². The summed E-state index contributed by atoms with van der Waals surface area (Å²) in [5, 5.41) is 25.1. The lowest BCUT2D eigenvalue weighted by Crippen LogP contribution is -2.56. The first-order chi connectivity index (χ1) is 15.7.